The second-order valence-electron chi connectivity index (χ2n) is 3.61. The Morgan fingerprint density at radius 1 is 1.19 bits per heavy atom. The van der Waals surface area contributed by atoms with Gasteiger partial charge >= 0.3 is 6.18 Å². The Morgan fingerprint density at radius 3 is 2.38 bits per heavy atom. The van der Waals surface area contributed by atoms with E-state index in [-0.39, 0.29) is 6.54 Å². The number of quaternary nitrogens is 1. The molecular formula is C11H15F3NO+. The highest BCUT2D eigenvalue weighted by molar-refractivity contribution is 5.14. The van der Waals surface area contributed by atoms with Gasteiger partial charge in [-0.1, -0.05) is 30.3 Å². The summed E-state index contributed by atoms with van der Waals surface area (Å²) in [6.45, 7) is 0.202. The molecule has 0 aromatic heterocycles. The number of halogens is 3. The minimum atomic E-state index is -4.51. The van der Waals surface area contributed by atoms with Crippen LogP contribution in [0.4, 0.5) is 13.2 Å². The van der Waals surface area contributed by atoms with Gasteiger partial charge in [0.05, 0.1) is 6.54 Å². The molecule has 1 aromatic rings. The third kappa shape index (κ3) is 4.63. The molecule has 0 fully saturated rings. The van der Waals surface area contributed by atoms with Crippen LogP contribution in [0.1, 0.15) is 5.56 Å². The summed E-state index contributed by atoms with van der Waals surface area (Å²) < 4.78 is 35.8. The lowest BCUT2D eigenvalue weighted by atomic mass is 10.1. The van der Waals surface area contributed by atoms with Crippen LogP contribution in [0.3, 0.4) is 0 Å². The first-order valence-electron chi connectivity index (χ1n) is 5.10. The molecule has 16 heavy (non-hydrogen) atoms. The van der Waals surface area contributed by atoms with Crippen molar-refractivity contribution in [1.82, 2.24) is 0 Å². The molecule has 3 N–H and O–H groups in total. The molecule has 0 heterocycles. The predicted molar refractivity (Wildman–Crippen MR) is 53.9 cm³/mol. The second kappa shape index (κ2) is 5.86. The summed E-state index contributed by atoms with van der Waals surface area (Å²) in [5.74, 6) is 0. The minimum Gasteiger partial charge on any atom is -0.379 e. The quantitative estimate of drug-likeness (QED) is 0.723. The van der Waals surface area contributed by atoms with E-state index in [0.717, 1.165) is 5.56 Å². The fraction of sp³-hybridized carbons (Fsp3) is 0.455. The molecule has 2 nitrogen and oxygen atoms in total. The number of hydrogen-bond acceptors (Lipinski definition) is 1. The minimum absolute atomic E-state index is 0.337. The molecule has 0 amide bonds. The summed E-state index contributed by atoms with van der Waals surface area (Å²) >= 11 is 0. The summed E-state index contributed by atoms with van der Waals surface area (Å²) in [7, 11) is 0. The molecule has 0 aliphatic rings. The predicted octanol–water partition coefficient (Wildman–Crippen LogP) is 0.716. The first-order chi connectivity index (χ1) is 7.50. The van der Waals surface area contributed by atoms with Gasteiger partial charge in [-0.2, -0.15) is 13.2 Å². The van der Waals surface area contributed by atoms with Gasteiger partial charge in [-0.05, 0) is 5.56 Å². The van der Waals surface area contributed by atoms with Crippen molar-refractivity contribution < 1.29 is 23.6 Å². The van der Waals surface area contributed by atoms with E-state index in [2.05, 4.69) is 0 Å². The summed E-state index contributed by atoms with van der Waals surface area (Å²) in [5.41, 5.74) is 1.08. The fourth-order valence-corrected chi connectivity index (χ4v) is 1.32. The highest BCUT2D eigenvalue weighted by Crippen LogP contribution is 2.18. The Hall–Kier alpha value is -1.07. The lowest BCUT2D eigenvalue weighted by Gasteiger charge is -2.12. The topological polar surface area (TPSA) is 36.8 Å². The molecule has 0 saturated heterocycles. The Balaban J connectivity index is 2.18. The molecule has 0 aliphatic carbocycles. The Bertz CT molecular complexity index is 300. The van der Waals surface area contributed by atoms with Crippen molar-refractivity contribution in [3.8, 4) is 0 Å². The zero-order chi connectivity index (χ0) is 12.0. The third-order valence-electron chi connectivity index (χ3n) is 2.25. The van der Waals surface area contributed by atoms with Crippen LogP contribution in [0.15, 0.2) is 30.3 Å². The van der Waals surface area contributed by atoms with Crippen molar-refractivity contribution in [1.29, 1.82) is 0 Å². The van der Waals surface area contributed by atoms with Gasteiger partial charge < -0.3 is 10.4 Å². The van der Waals surface area contributed by atoms with Crippen molar-refractivity contribution in [2.24, 2.45) is 0 Å². The average Bonchev–Trinajstić information content (AvgIpc) is 2.24. The van der Waals surface area contributed by atoms with Gasteiger partial charge in [-0.25, -0.2) is 0 Å². The van der Waals surface area contributed by atoms with Crippen molar-refractivity contribution in [3.63, 3.8) is 0 Å². The zero-order valence-corrected chi connectivity index (χ0v) is 8.74. The van der Waals surface area contributed by atoms with Gasteiger partial charge in [0.25, 0.3) is 0 Å². The van der Waals surface area contributed by atoms with E-state index in [1.807, 2.05) is 30.3 Å². The maximum atomic E-state index is 11.9. The maximum absolute atomic E-state index is 11.9. The van der Waals surface area contributed by atoms with Crippen LogP contribution in [0.2, 0.25) is 0 Å². The summed E-state index contributed by atoms with van der Waals surface area (Å²) in [6, 6.07) is 9.52. The van der Waals surface area contributed by atoms with Crippen LogP contribution in [-0.2, 0) is 6.42 Å². The molecular weight excluding hydrogens is 219 g/mol. The van der Waals surface area contributed by atoms with E-state index in [1.165, 1.54) is 5.32 Å². The normalized spacial score (nSPS) is 13.8. The smallest absolute Gasteiger partial charge is 0.379 e. The first kappa shape index (κ1) is 13.0. The molecule has 0 spiro atoms. The van der Waals surface area contributed by atoms with Crippen LogP contribution in [0, 0.1) is 0 Å². The molecule has 1 atom stereocenters. The zero-order valence-electron chi connectivity index (χ0n) is 8.74. The van der Waals surface area contributed by atoms with E-state index in [1.54, 1.807) is 0 Å². The van der Waals surface area contributed by atoms with Crippen LogP contribution in [0.25, 0.3) is 0 Å². The van der Waals surface area contributed by atoms with E-state index in [9.17, 15) is 13.2 Å². The molecule has 0 radical (unpaired) electrons. The van der Waals surface area contributed by atoms with Crippen LogP contribution >= 0.6 is 0 Å². The SMILES string of the molecule is O[C@H](C[NH2+]CCc1ccccc1)C(F)(F)F. The van der Waals surface area contributed by atoms with Crippen molar-refractivity contribution >= 4 is 0 Å². The standard InChI is InChI=1S/C11H14F3NO/c12-11(13,14)10(16)8-15-7-6-9-4-2-1-3-5-9/h1-5,10,15-16H,6-8H2/p+1/t10-/m1/s1. The fourth-order valence-electron chi connectivity index (χ4n) is 1.32. The monoisotopic (exact) mass is 234 g/mol. The molecule has 1 rings (SSSR count). The third-order valence-corrected chi connectivity index (χ3v) is 2.25. The number of benzene rings is 1. The Morgan fingerprint density at radius 2 is 1.81 bits per heavy atom. The van der Waals surface area contributed by atoms with E-state index in [0.29, 0.717) is 13.0 Å². The molecule has 0 unspecified atom stereocenters. The molecule has 0 aliphatic heterocycles. The Labute approximate surface area is 92.1 Å². The van der Waals surface area contributed by atoms with Crippen molar-refractivity contribution in [2.45, 2.75) is 18.7 Å². The summed E-state index contributed by atoms with van der Waals surface area (Å²) in [4.78, 5) is 0. The van der Waals surface area contributed by atoms with Gasteiger partial charge in [0.2, 0.25) is 0 Å². The first-order valence-corrected chi connectivity index (χ1v) is 5.10. The molecule has 5 heteroatoms. The molecule has 0 saturated carbocycles. The summed E-state index contributed by atoms with van der Waals surface area (Å²) in [5, 5.41) is 10.2. The maximum Gasteiger partial charge on any atom is 0.419 e. The van der Waals surface area contributed by atoms with Crippen LogP contribution in [-0.4, -0.2) is 30.5 Å². The lowest BCUT2D eigenvalue weighted by Crippen LogP contribution is -2.87. The number of hydrogen-bond donors (Lipinski definition) is 2. The Kier molecular flexibility index (Phi) is 4.76. The van der Waals surface area contributed by atoms with Crippen molar-refractivity contribution in [3.05, 3.63) is 35.9 Å². The van der Waals surface area contributed by atoms with E-state index >= 15 is 0 Å². The summed E-state index contributed by atoms with van der Waals surface area (Å²) in [6.07, 6.45) is -6.04. The van der Waals surface area contributed by atoms with Gasteiger partial charge in [0, 0.05) is 6.42 Å². The number of aliphatic hydroxyl groups is 1. The lowest BCUT2D eigenvalue weighted by molar-refractivity contribution is -0.664. The molecule has 1 aromatic carbocycles. The van der Waals surface area contributed by atoms with Crippen LogP contribution < -0.4 is 5.32 Å². The number of alkyl halides is 3. The van der Waals surface area contributed by atoms with Crippen LogP contribution in [0.5, 0.6) is 0 Å². The number of rotatable bonds is 5. The highest BCUT2D eigenvalue weighted by atomic mass is 19.4. The number of aliphatic hydroxyl groups excluding tert-OH is 1. The average molecular weight is 234 g/mol. The van der Waals surface area contributed by atoms with Gasteiger partial charge in [0.1, 0.15) is 6.54 Å². The second-order valence-corrected chi connectivity index (χ2v) is 3.61. The van der Waals surface area contributed by atoms with Gasteiger partial charge in [-0.15, -0.1) is 0 Å². The molecule has 0 bridgehead atoms. The van der Waals surface area contributed by atoms with Gasteiger partial charge in [0.15, 0.2) is 6.10 Å². The van der Waals surface area contributed by atoms with Crippen molar-refractivity contribution in [2.75, 3.05) is 13.1 Å². The van der Waals surface area contributed by atoms with E-state index < -0.39 is 12.3 Å². The molecule has 90 valence electrons. The number of nitrogens with two attached hydrogens (primary N) is 1. The van der Waals surface area contributed by atoms with Gasteiger partial charge in [-0.3, -0.25) is 0 Å². The van der Waals surface area contributed by atoms with E-state index in [4.69, 9.17) is 5.11 Å². The largest absolute Gasteiger partial charge is 0.419 e. The highest BCUT2D eigenvalue weighted by Gasteiger charge is 2.39.